The molecule has 144 valence electrons. The van der Waals surface area contributed by atoms with E-state index in [1.165, 1.54) is 6.07 Å². The SMILES string of the molecule is Nc1c(F)cc(F)cc1NC1CCCN(CC2COc3ccccc3O2)C1. The van der Waals surface area contributed by atoms with Crippen LogP contribution in [0.4, 0.5) is 20.2 Å². The van der Waals surface area contributed by atoms with E-state index in [2.05, 4.69) is 10.2 Å². The van der Waals surface area contributed by atoms with Crippen molar-refractivity contribution in [3.05, 3.63) is 48.0 Å². The van der Waals surface area contributed by atoms with Crippen LogP contribution in [0.3, 0.4) is 0 Å². The number of piperidine rings is 1. The van der Waals surface area contributed by atoms with Crippen LogP contribution in [0, 0.1) is 11.6 Å². The largest absolute Gasteiger partial charge is 0.486 e. The van der Waals surface area contributed by atoms with Crippen LogP contribution in [-0.2, 0) is 0 Å². The van der Waals surface area contributed by atoms with Crippen molar-refractivity contribution in [2.24, 2.45) is 0 Å². The van der Waals surface area contributed by atoms with Gasteiger partial charge < -0.3 is 20.5 Å². The Bertz CT molecular complexity index is 818. The molecule has 2 aliphatic rings. The molecule has 4 rings (SSSR count). The van der Waals surface area contributed by atoms with Crippen molar-refractivity contribution in [1.82, 2.24) is 4.90 Å². The molecule has 0 aromatic heterocycles. The monoisotopic (exact) mass is 375 g/mol. The first-order valence-corrected chi connectivity index (χ1v) is 9.20. The fourth-order valence-electron chi connectivity index (χ4n) is 3.70. The predicted octanol–water partition coefficient (Wildman–Crippen LogP) is 3.26. The lowest BCUT2D eigenvalue weighted by molar-refractivity contribution is 0.0518. The van der Waals surface area contributed by atoms with Crippen molar-refractivity contribution in [3.63, 3.8) is 0 Å². The molecule has 0 aliphatic carbocycles. The van der Waals surface area contributed by atoms with Crippen LogP contribution in [0.1, 0.15) is 12.8 Å². The number of anilines is 2. The molecule has 0 saturated carbocycles. The Morgan fingerprint density at radius 3 is 2.85 bits per heavy atom. The molecule has 2 aromatic carbocycles. The van der Waals surface area contributed by atoms with E-state index in [1.54, 1.807) is 0 Å². The van der Waals surface area contributed by atoms with Gasteiger partial charge in [0.05, 0.1) is 11.4 Å². The molecule has 0 spiro atoms. The summed E-state index contributed by atoms with van der Waals surface area (Å²) in [6.45, 7) is 2.94. The first kappa shape index (κ1) is 17.9. The fraction of sp³-hybridized carbons (Fsp3) is 0.400. The number of ether oxygens (including phenoxy) is 2. The molecule has 2 aromatic rings. The molecular weight excluding hydrogens is 352 g/mol. The number of halogens is 2. The second kappa shape index (κ2) is 7.60. The molecule has 2 aliphatic heterocycles. The molecule has 2 heterocycles. The zero-order valence-electron chi connectivity index (χ0n) is 15.0. The van der Waals surface area contributed by atoms with Crippen molar-refractivity contribution >= 4 is 11.4 Å². The Hall–Kier alpha value is -2.54. The highest BCUT2D eigenvalue weighted by Gasteiger charge is 2.27. The topological polar surface area (TPSA) is 59.8 Å². The van der Waals surface area contributed by atoms with Gasteiger partial charge in [0.25, 0.3) is 0 Å². The molecule has 7 heteroatoms. The smallest absolute Gasteiger partial charge is 0.161 e. The minimum Gasteiger partial charge on any atom is -0.486 e. The van der Waals surface area contributed by atoms with Crippen molar-refractivity contribution < 1.29 is 18.3 Å². The predicted molar refractivity (Wildman–Crippen MR) is 100 cm³/mol. The van der Waals surface area contributed by atoms with Crippen LogP contribution in [-0.4, -0.2) is 43.3 Å². The number of para-hydroxylation sites is 2. The van der Waals surface area contributed by atoms with Gasteiger partial charge in [-0.2, -0.15) is 0 Å². The summed E-state index contributed by atoms with van der Waals surface area (Å²) in [6.07, 6.45) is 1.86. The molecule has 5 nitrogen and oxygen atoms in total. The normalized spacial score (nSPS) is 22.4. The fourth-order valence-corrected chi connectivity index (χ4v) is 3.70. The quantitative estimate of drug-likeness (QED) is 0.804. The van der Waals surface area contributed by atoms with Crippen molar-refractivity contribution in [1.29, 1.82) is 0 Å². The van der Waals surface area contributed by atoms with Crippen LogP contribution >= 0.6 is 0 Å². The zero-order valence-corrected chi connectivity index (χ0v) is 15.0. The number of nitrogens with one attached hydrogen (secondary N) is 1. The standard InChI is InChI=1S/C20H23F2N3O2/c21-13-8-16(22)20(23)17(9-13)24-14-4-3-7-25(10-14)11-15-12-26-18-5-1-2-6-19(18)27-15/h1-2,5-6,8-9,14-15,24H,3-4,7,10-12,23H2. The third-order valence-electron chi connectivity index (χ3n) is 4.99. The van der Waals surface area contributed by atoms with E-state index in [9.17, 15) is 8.78 Å². The van der Waals surface area contributed by atoms with Gasteiger partial charge in [-0.05, 0) is 37.6 Å². The molecule has 0 bridgehead atoms. The maximum atomic E-state index is 13.7. The maximum absolute atomic E-state index is 13.7. The van der Waals surface area contributed by atoms with E-state index in [-0.39, 0.29) is 17.8 Å². The van der Waals surface area contributed by atoms with E-state index in [0.717, 1.165) is 50.0 Å². The van der Waals surface area contributed by atoms with Gasteiger partial charge in [0.1, 0.15) is 18.5 Å². The highest BCUT2D eigenvalue weighted by Crippen LogP contribution is 2.31. The highest BCUT2D eigenvalue weighted by atomic mass is 19.1. The van der Waals surface area contributed by atoms with Gasteiger partial charge >= 0.3 is 0 Å². The molecule has 3 N–H and O–H groups in total. The average molecular weight is 375 g/mol. The second-order valence-electron chi connectivity index (χ2n) is 7.09. The number of nitrogen functional groups attached to an aromatic ring is 1. The minimum absolute atomic E-state index is 0.0460. The van der Waals surface area contributed by atoms with Crippen molar-refractivity contribution in [2.45, 2.75) is 25.0 Å². The summed E-state index contributed by atoms with van der Waals surface area (Å²) in [5.74, 6) is 0.166. The number of nitrogens with two attached hydrogens (primary N) is 1. The second-order valence-corrected chi connectivity index (χ2v) is 7.09. The van der Waals surface area contributed by atoms with Gasteiger partial charge in [-0.15, -0.1) is 0 Å². The molecular formula is C20H23F2N3O2. The van der Waals surface area contributed by atoms with E-state index < -0.39 is 11.6 Å². The Balaban J connectivity index is 1.36. The summed E-state index contributed by atoms with van der Waals surface area (Å²) in [7, 11) is 0. The maximum Gasteiger partial charge on any atom is 0.161 e. The van der Waals surface area contributed by atoms with Crippen LogP contribution < -0.4 is 20.5 Å². The summed E-state index contributed by atoms with van der Waals surface area (Å²) >= 11 is 0. The summed E-state index contributed by atoms with van der Waals surface area (Å²) in [5.41, 5.74) is 6.01. The number of fused-ring (bicyclic) bond motifs is 1. The highest BCUT2D eigenvalue weighted by molar-refractivity contribution is 5.67. The third kappa shape index (κ3) is 4.08. The first-order chi connectivity index (χ1) is 13.1. The molecule has 1 fully saturated rings. The minimum atomic E-state index is -0.739. The lowest BCUT2D eigenvalue weighted by Crippen LogP contribution is -2.48. The van der Waals surface area contributed by atoms with Gasteiger partial charge in [0.2, 0.25) is 0 Å². The number of hydrogen-bond donors (Lipinski definition) is 2. The summed E-state index contributed by atoms with van der Waals surface area (Å²) in [5, 5.41) is 3.19. The van der Waals surface area contributed by atoms with Crippen LogP contribution in [0.25, 0.3) is 0 Å². The lowest BCUT2D eigenvalue weighted by Gasteiger charge is -2.37. The van der Waals surface area contributed by atoms with E-state index in [1.807, 2.05) is 24.3 Å². The molecule has 27 heavy (non-hydrogen) atoms. The Labute approximate surface area is 157 Å². The van der Waals surface area contributed by atoms with Crippen molar-refractivity contribution in [2.75, 3.05) is 37.3 Å². The zero-order chi connectivity index (χ0) is 18.8. The van der Waals surface area contributed by atoms with E-state index >= 15 is 0 Å². The van der Waals surface area contributed by atoms with Gasteiger partial charge in [0, 0.05) is 25.2 Å². The van der Waals surface area contributed by atoms with Crippen LogP contribution in [0.15, 0.2) is 36.4 Å². The number of nitrogens with zero attached hydrogens (tertiary/aromatic N) is 1. The van der Waals surface area contributed by atoms with E-state index in [0.29, 0.717) is 12.3 Å². The Morgan fingerprint density at radius 1 is 1.19 bits per heavy atom. The Kier molecular flexibility index (Phi) is 5.03. The van der Waals surface area contributed by atoms with Crippen LogP contribution in [0.5, 0.6) is 11.5 Å². The number of rotatable bonds is 4. The number of hydrogen-bond acceptors (Lipinski definition) is 5. The van der Waals surface area contributed by atoms with Gasteiger partial charge in [0.15, 0.2) is 17.3 Å². The first-order valence-electron chi connectivity index (χ1n) is 9.20. The summed E-state index contributed by atoms with van der Waals surface area (Å²) < 4.78 is 39.0. The van der Waals surface area contributed by atoms with Gasteiger partial charge in [-0.25, -0.2) is 8.78 Å². The molecule has 0 radical (unpaired) electrons. The van der Waals surface area contributed by atoms with Crippen LogP contribution in [0.2, 0.25) is 0 Å². The van der Waals surface area contributed by atoms with E-state index in [4.69, 9.17) is 15.2 Å². The van der Waals surface area contributed by atoms with Crippen molar-refractivity contribution in [3.8, 4) is 11.5 Å². The average Bonchev–Trinajstić information content (AvgIpc) is 2.66. The van der Waals surface area contributed by atoms with Gasteiger partial charge in [-0.1, -0.05) is 12.1 Å². The molecule has 0 amide bonds. The lowest BCUT2D eigenvalue weighted by atomic mass is 10.0. The molecule has 2 atom stereocenters. The van der Waals surface area contributed by atoms with Gasteiger partial charge in [-0.3, -0.25) is 4.90 Å². The molecule has 1 saturated heterocycles. The number of benzene rings is 2. The Morgan fingerprint density at radius 2 is 2.00 bits per heavy atom. The molecule has 2 unspecified atom stereocenters. The summed E-state index contributed by atoms with van der Waals surface area (Å²) in [4.78, 5) is 2.29. The third-order valence-corrected chi connectivity index (χ3v) is 4.99. The number of likely N-dealkylation sites (tertiary alicyclic amines) is 1. The summed E-state index contributed by atoms with van der Waals surface area (Å²) in [6, 6.07) is 9.76.